The highest BCUT2D eigenvalue weighted by Crippen LogP contribution is 2.30. The Kier molecular flexibility index (Phi) is 6.77. The number of allylic oxidation sites excluding steroid dienone is 1. The summed E-state index contributed by atoms with van der Waals surface area (Å²) in [5.41, 5.74) is 10.7. The van der Waals surface area contributed by atoms with E-state index in [1.165, 1.54) is 8.96 Å². The zero-order valence-corrected chi connectivity index (χ0v) is 30.0. The molecule has 0 spiro atoms. The Morgan fingerprint density at radius 3 is 1.76 bits per heavy atom. The molecule has 5 nitrogen and oxygen atoms in total. The second kappa shape index (κ2) is 11.1. The van der Waals surface area contributed by atoms with Gasteiger partial charge in [-0.1, -0.05) is 85.2 Å². The number of hydrogen-bond acceptors (Lipinski definition) is 1. The van der Waals surface area contributed by atoms with Crippen LogP contribution in [0.25, 0.3) is 22.4 Å². The molecule has 3 aliphatic heterocycles. The van der Waals surface area contributed by atoms with E-state index in [2.05, 4.69) is 103 Å². The normalized spacial score (nSPS) is 15.8. The molecule has 0 radical (unpaired) electrons. The second-order valence-electron chi connectivity index (χ2n) is 14.6. The van der Waals surface area contributed by atoms with Gasteiger partial charge < -0.3 is 32.0 Å². The van der Waals surface area contributed by atoms with E-state index in [0.29, 0.717) is 49.9 Å². The van der Waals surface area contributed by atoms with Gasteiger partial charge >= 0.3 is 6.97 Å². The molecule has 51 heavy (non-hydrogen) atoms. The molecular formula is C42H35BF2N4OSi. The first-order valence-electron chi connectivity index (χ1n) is 17.2. The maximum Gasteiger partial charge on any atom is 0.738 e. The zero-order valence-electron chi connectivity index (χ0n) is 29.0. The number of furan rings is 1. The van der Waals surface area contributed by atoms with E-state index in [9.17, 15) is 0 Å². The summed E-state index contributed by atoms with van der Waals surface area (Å²) in [5.74, 6) is 4.70. The molecule has 9 rings (SSSR count). The molecule has 0 fully saturated rings. The van der Waals surface area contributed by atoms with Crippen LogP contribution in [0.3, 0.4) is 0 Å². The fourth-order valence-corrected chi connectivity index (χ4v) is 7.83. The van der Waals surface area contributed by atoms with Gasteiger partial charge in [0.25, 0.3) is 0 Å². The highest BCUT2D eigenvalue weighted by Gasteiger charge is 2.52. The minimum atomic E-state index is -4.34. The van der Waals surface area contributed by atoms with Crippen molar-refractivity contribution in [3.8, 4) is 11.5 Å². The summed E-state index contributed by atoms with van der Waals surface area (Å²) in [6, 6.07) is 31.7. The molecule has 2 aromatic carbocycles. The number of halogens is 2. The summed E-state index contributed by atoms with van der Waals surface area (Å²) < 4.78 is 44.0. The first-order chi connectivity index (χ1) is 24.5. The molecule has 0 saturated carbocycles. The lowest BCUT2D eigenvalue weighted by Gasteiger charge is -2.28. The lowest BCUT2D eigenvalue weighted by molar-refractivity contribution is -0.318. The third-order valence-electron chi connectivity index (χ3n) is 9.77. The first-order valence-corrected chi connectivity index (χ1v) is 20.7. The monoisotopic (exact) mass is 688 g/mol. The van der Waals surface area contributed by atoms with Crippen LogP contribution in [0.2, 0.25) is 19.6 Å². The molecule has 0 amide bonds. The van der Waals surface area contributed by atoms with Crippen molar-refractivity contribution in [3.63, 3.8) is 0 Å². The molecular weight excluding hydrogens is 653 g/mol. The van der Waals surface area contributed by atoms with E-state index < -0.39 is 15.0 Å². The first kappa shape index (κ1) is 31.2. The smallest absolute Gasteiger partial charge is 0.456 e. The SMILES string of the molecule is Cc1ccc(C2=c3ccc([nH]3)=C3C=CC4=[N+]3[B-](F)(F)n3c(ccc3=c3ccc([nH]3)=C(c3ccc(C)cc3)c3ccc2o3)=C4C#C[Si](C)(C)C)cc1. The summed E-state index contributed by atoms with van der Waals surface area (Å²) in [4.78, 5) is 7.04. The number of fused-ring (bicyclic) bond motifs is 6. The standard InChI is InChI=1S/C42H35BF2N4OSi/c1-26-6-10-28(11-7-26)41-33-16-14-31(46-33)37-20-18-35-30(24-25-51(3,4)5)36-19-21-38(49(36)43(44,45)48(35)37)32-15-17-34(47-32)42(40-23-22-39(41)50-40)29-12-8-27(2)9-13-29/h6-23,46-47H,1-5H3. The average molecular weight is 689 g/mol. The Labute approximate surface area is 294 Å². The van der Waals surface area contributed by atoms with E-state index in [-0.39, 0.29) is 0 Å². The predicted octanol–water partition coefficient (Wildman–Crippen LogP) is 5.55. The van der Waals surface area contributed by atoms with Crippen LogP contribution < -0.4 is 21.4 Å². The zero-order chi connectivity index (χ0) is 35.2. The van der Waals surface area contributed by atoms with Gasteiger partial charge in [-0.3, -0.25) is 0 Å². The van der Waals surface area contributed by atoms with Gasteiger partial charge in [-0.2, -0.15) is 0 Å². The fourth-order valence-electron chi connectivity index (χ4n) is 7.33. The molecule has 4 aromatic heterocycles. The van der Waals surface area contributed by atoms with E-state index in [4.69, 9.17) is 4.42 Å². The number of rotatable bonds is 2. The lowest BCUT2D eigenvalue weighted by atomic mass is 9.90. The summed E-state index contributed by atoms with van der Waals surface area (Å²) in [6.45, 7) is 6.24. The van der Waals surface area contributed by atoms with E-state index in [1.807, 2.05) is 36.4 Å². The van der Waals surface area contributed by atoms with Crippen LogP contribution in [0.1, 0.15) is 33.8 Å². The van der Waals surface area contributed by atoms with Gasteiger partial charge in [0.2, 0.25) is 0 Å². The molecule has 6 aromatic rings. The van der Waals surface area contributed by atoms with E-state index >= 15 is 8.63 Å². The molecule has 8 bridgehead atoms. The highest BCUT2D eigenvalue weighted by molar-refractivity contribution is 6.84. The number of aromatic nitrogens is 3. The fraction of sp³-hybridized carbons (Fsp3) is 0.119. The van der Waals surface area contributed by atoms with Gasteiger partial charge in [-0.25, -0.2) is 0 Å². The van der Waals surface area contributed by atoms with Crippen molar-refractivity contribution in [2.24, 2.45) is 0 Å². The third kappa shape index (κ3) is 5.01. The van der Waals surface area contributed by atoms with Crippen LogP contribution in [0.4, 0.5) is 8.63 Å². The molecule has 3 aliphatic rings. The van der Waals surface area contributed by atoms with Crippen LogP contribution in [-0.4, -0.2) is 39.7 Å². The maximum absolute atomic E-state index is 17.4. The molecule has 0 unspecified atom stereocenters. The van der Waals surface area contributed by atoms with Crippen molar-refractivity contribution in [1.29, 1.82) is 0 Å². The number of benzene rings is 2. The maximum atomic E-state index is 17.4. The number of aromatic amines is 2. The lowest BCUT2D eigenvalue weighted by Crippen LogP contribution is -2.56. The quantitative estimate of drug-likeness (QED) is 0.182. The molecule has 7 heterocycles. The van der Waals surface area contributed by atoms with Crippen molar-refractivity contribution in [2.75, 3.05) is 0 Å². The summed E-state index contributed by atoms with van der Waals surface area (Å²) in [7, 11) is -1.85. The number of H-pyrrole nitrogens is 2. The van der Waals surface area contributed by atoms with Gasteiger partial charge in [0, 0.05) is 34.0 Å². The number of nitrogens with zero attached hydrogens (tertiary/aromatic N) is 2. The number of hydrogen-bond donors (Lipinski definition) is 2. The summed E-state index contributed by atoms with van der Waals surface area (Å²) >= 11 is 0. The Balaban J connectivity index is 1.49. The van der Waals surface area contributed by atoms with E-state index in [0.717, 1.165) is 44.1 Å². The van der Waals surface area contributed by atoms with Crippen molar-refractivity contribution in [2.45, 2.75) is 33.5 Å². The number of aryl methyl sites for hydroxylation is 2. The third-order valence-corrected chi connectivity index (χ3v) is 10.6. The van der Waals surface area contributed by atoms with Crippen LogP contribution >= 0.6 is 0 Å². The van der Waals surface area contributed by atoms with Crippen LogP contribution in [0.15, 0.2) is 114 Å². The van der Waals surface area contributed by atoms with Crippen molar-refractivity contribution in [3.05, 3.63) is 175 Å². The van der Waals surface area contributed by atoms with Gasteiger partial charge in [0.15, 0.2) is 11.4 Å². The molecule has 2 N–H and O–H groups in total. The topological polar surface area (TPSA) is 52.7 Å². The Morgan fingerprint density at radius 1 is 0.647 bits per heavy atom. The number of nitrogens with one attached hydrogen (secondary N) is 2. The van der Waals surface area contributed by atoms with Gasteiger partial charge in [-0.15, -0.1) is 5.54 Å². The predicted molar refractivity (Wildman–Crippen MR) is 202 cm³/mol. The Bertz CT molecular complexity index is 2940. The molecule has 0 aliphatic carbocycles. The van der Waals surface area contributed by atoms with E-state index in [1.54, 1.807) is 24.3 Å². The van der Waals surface area contributed by atoms with Gasteiger partial charge in [0.1, 0.15) is 30.5 Å². The summed E-state index contributed by atoms with van der Waals surface area (Å²) in [6.07, 6.45) is 3.56. The minimum Gasteiger partial charge on any atom is -0.456 e. The van der Waals surface area contributed by atoms with Crippen LogP contribution in [-0.2, 0) is 0 Å². The largest absolute Gasteiger partial charge is 0.738 e. The van der Waals surface area contributed by atoms with Crippen molar-refractivity contribution in [1.82, 2.24) is 14.4 Å². The van der Waals surface area contributed by atoms with Crippen molar-refractivity contribution < 1.29 is 17.5 Å². The molecule has 250 valence electrons. The molecule has 0 atom stereocenters. The average Bonchev–Trinajstić information content (AvgIpc) is 3.93. The molecule has 9 heteroatoms. The molecule has 0 saturated heterocycles. The minimum absolute atomic E-state index is 0.386. The summed E-state index contributed by atoms with van der Waals surface area (Å²) in [5, 5.41) is 3.46. The highest BCUT2D eigenvalue weighted by atomic mass is 28.3. The second-order valence-corrected chi connectivity index (χ2v) is 19.4. The van der Waals surface area contributed by atoms with Crippen LogP contribution in [0.5, 0.6) is 0 Å². The van der Waals surface area contributed by atoms with Gasteiger partial charge in [-0.05, 0) is 73.5 Å². The van der Waals surface area contributed by atoms with Crippen LogP contribution in [0, 0.1) is 36.0 Å². The van der Waals surface area contributed by atoms with Crippen molar-refractivity contribution >= 4 is 43.2 Å². The Morgan fingerprint density at radius 2 is 1.18 bits per heavy atom. The Hall–Kier alpha value is -5.85. The van der Waals surface area contributed by atoms with Gasteiger partial charge in [0.05, 0.1) is 16.0 Å².